The molecule has 2 heteroatoms. The van der Waals surface area contributed by atoms with Crippen molar-refractivity contribution < 1.29 is 4.79 Å². The molecule has 0 N–H and O–H groups in total. The van der Waals surface area contributed by atoms with E-state index in [0.717, 1.165) is 5.56 Å². The monoisotopic (exact) mass is 159 g/mol. The van der Waals surface area contributed by atoms with Crippen molar-refractivity contribution in [2.24, 2.45) is 4.99 Å². The van der Waals surface area contributed by atoms with Gasteiger partial charge in [0.2, 0.25) is 0 Å². The Kier molecular flexibility index (Phi) is 1.74. The van der Waals surface area contributed by atoms with Crippen molar-refractivity contribution >= 4 is 12.0 Å². The van der Waals surface area contributed by atoms with Gasteiger partial charge in [0.05, 0.1) is 12.5 Å². The smallest absolute Gasteiger partial charge is 0.166 e. The van der Waals surface area contributed by atoms with Crippen molar-refractivity contribution in [3.8, 4) is 0 Å². The second-order valence-corrected chi connectivity index (χ2v) is 2.84. The molecule has 1 aromatic rings. The lowest BCUT2D eigenvalue weighted by atomic mass is 9.98. The molecule has 0 aliphatic carbocycles. The molecule has 1 heterocycles. The molecule has 0 saturated heterocycles. The lowest BCUT2D eigenvalue weighted by Crippen LogP contribution is -2.09. The average molecular weight is 159 g/mol. The Labute approximate surface area is 70.9 Å². The van der Waals surface area contributed by atoms with Gasteiger partial charge < -0.3 is 0 Å². The molecule has 0 unspecified atom stereocenters. The molecule has 0 aromatic heterocycles. The number of ketones is 1. The van der Waals surface area contributed by atoms with Crippen LogP contribution in [0.5, 0.6) is 0 Å². The van der Waals surface area contributed by atoms with Gasteiger partial charge in [-0.1, -0.05) is 30.3 Å². The third kappa shape index (κ3) is 1.16. The van der Waals surface area contributed by atoms with Crippen LogP contribution in [0.25, 0.3) is 0 Å². The number of carbonyl (C=O) groups excluding carboxylic acids is 1. The number of hydrogen-bond donors (Lipinski definition) is 0. The molecule has 1 aromatic carbocycles. The maximum atomic E-state index is 11.2. The third-order valence-electron chi connectivity index (χ3n) is 2.01. The molecule has 0 bridgehead atoms. The minimum atomic E-state index is -0.0915. The van der Waals surface area contributed by atoms with Gasteiger partial charge in [-0.05, 0) is 5.56 Å². The lowest BCUT2D eigenvalue weighted by Gasteiger charge is -2.03. The van der Waals surface area contributed by atoms with Gasteiger partial charge in [0.25, 0.3) is 0 Å². The molecule has 12 heavy (non-hydrogen) atoms. The van der Waals surface area contributed by atoms with E-state index in [9.17, 15) is 4.79 Å². The first-order valence-corrected chi connectivity index (χ1v) is 3.95. The van der Waals surface area contributed by atoms with E-state index in [2.05, 4.69) is 4.99 Å². The van der Waals surface area contributed by atoms with Crippen molar-refractivity contribution in [3.63, 3.8) is 0 Å². The van der Waals surface area contributed by atoms with E-state index in [1.54, 1.807) is 6.21 Å². The SMILES string of the molecule is O=C1CN=C[C@@H]1c1ccccc1. The summed E-state index contributed by atoms with van der Waals surface area (Å²) in [5.41, 5.74) is 1.05. The fourth-order valence-electron chi connectivity index (χ4n) is 1.36. The number of hydrogen-bond acceptors (Lipinski definition) is 2. The second kappa shape index (κ2) is 2.89. The van der Waals surface area contributed by atoms with Crippen molar-refractivity contribution in [1.82, 2.24) is 0 Å². The molecule has 1 aliphatic rings. The van der Waals surface area contributed by atoms with E-state index in [1.807, 2.05) is 30.3 Å². The summed E-state index contributed by atoms with van der Waals surface area (Å²) in [5.74, 6) is 0.104. The zero-order valence-electron chi connectivity index (χ0n) is 6.60. The molecule has 2 rings (SSSR count). The molecule has 0 radical (unpaired) electrons. The predicted molar refractivity (Wildman–Crippen MR) is 47.5 cm³/mol. The van der Waals surface area contributed by atoms with Crippen molar-refractivity contribution in [2.45, 2.75) is 5.92 Å². The summed E-state index contributed by atoms with van der Waals surface area (Å²) in [7, 11) is 0. The third-order valence-corrected chi connectivity index (χ3v) is 2.01. The Morgan fingerprint density at radius 2 is 2.00 bits per heavy atom. The zero-order chi connectivity index (χ0) is 8.39. The summed E-state index contributed by atoms with van der Waals surface area (Å²) in [6, 6.07) is 9.74. The van der Waals surface area contributed by atoms with Crippen molar-refractivity contribution in [2.75, 3.05) is 6.54 Å². The average Bonchev–Trinajstić information content (AvgIpc) is 2.53. The molecular weight excluding hydrogens is 150 g/mol. The summed E-state index contributed by atoms with van der Waals surface area (Å²) in [4.78, 5) is 15.2. The van der Waals surface area contributed by atoms with Crippen LogP contribution in [0.1, 0.15) is 11.5 Å². The largest absolute Gasteiger partial charge is 0.297 e. The molecular formula is C10H9NO. The van der Waals surface area contributed by atoms with Crippen LogP contribution in [-0.2, 0) is 4.79 Å². The Bertz CT molecular complexity index is 316. The Hall–Kier alpha value is -1.44. The van der Waals surface area contributed by atoms with Crippen LogP contribution in [0, 0.1) is 0 Å². The standard InChI is InChI=1S/C10H9NO/c12-10-7-11-6-9(10)8-4-2-1-3-5-8/h1-6,9H,7H2/t9-/m1/s1. The highest BCUT2D eigenvalue weighted by Crippen LogP contribution is 2.17. The first-order valence-electron chi connectivity index (χ1n) is 3.95. The van der Waals surface area contributed by atoms with Gasteiger partial charge in [0.15, 0.2) is 5.78 Å². The number of benzene rings is 1. The van der Waals surface area contributed by atoms with Crippen molar-refractivity contribution in [3.05, 3.63) is 35.9 Å². The molecule has 2 nitrogen and oxygen atoms in total. The molecule has 60 valence electrons. The quantitative estimate of drug-likeness (QED) is 0.609. The highest BCUT2D eigenvalue weighted by Gasteiger charge is 2.21. The van der Waals surface area contributed by atoms with Gasteiger partial charge in [-0.25, -0.2) is 0 Å². The number of carbonyl (C=O) groups is 1. The van der Waals surface area contributed by atoms with E-state index in [1.165, 1.54) is 0 Å². The maximum absolute atomic E-state index is 11.2. The van der Waals surface area contributed by atoms with Gasteiger partial charge in [-0.3, -0.25) is 9.79 Å². The summed E-state index contributed by atoms with van der Waals surface area (Å²) < 4.78 is 0. The van der Waals surface area contributed by atoms with E-state index < -0.39 is 0 Å². The molecule has 0 spiro atoms. The first-order chi connectivity index (χ1) is 5.88. The Morgan fingerprint density at radius 1 is 1.25 bits per heavy atom. The van der Waals surface area contributed by atoms with Crippen LogP contribution in [-0.4, -0.2) is 18.5 Å². The lowest BCUT2D eigenvalue weighted by molar-refractivity contribution is -0.117. The second-order valence-electron chi connectivity index (χ2n) is 2.84. The zero-order valence-corrected chi connectivity index (χ0v) is 6.60. The van der Waals surface area contributed by atoms with Crippen molar-refractivity contribution in [1.29, 1.82) is 0 Å². The highest BCUT2D eigenvalue weighted by molar-refractivity contribution is 6.05. The first kappa shape index (κ1) is 7.22. The normalized spacial score (nSPS) is 21.7. The molecule has 1 atom stereocenters. The fraction of sp³-hybridized carbons (Fsp3) is 0.200. The molecule has 0 saturated carbocycles. The summed E-state index contributed by atoms with van der Waals surface area (Å²) in [6.45, 7) is 0.347. The van der Waals surface area contributed by atoms with E-state index in [-0.39, 0.29) is 11.7 Å². The minimum absolute atomic E-state index is 0.0915. The van der Waals surface area contributed by atoms with Gasteiger partial charge in [0, 0.05) is 6.21 Å². The number of aliphatic imine (C=N–C) groups is 1. The fourth-order valence-corrected chi connectivity index (χ4v) is 1.36. The number of nitrogens with zero attached hydrogens (tertiary/aromatic N) is 1. The summed E-state index contributed by atoms with van der Waals surface area (Å²) >= 11 is 0. The van der Waals surface area contributed by atoms with Gasteiger partial charge >= 0.3 is 0 Å². The van der Waals surface area contributed by atoms with Crippen LogP contribution in [0.2, 0.25) is 0 Å². The minimum Gasteiger partial charge on any atom is -0.297 e. The van der Waals surface area contributed by atoms with E-state index >= 15 is 0 Å². The Morgan fingerprint density at radius 3 is 2.58 bits per heavy atom. The van der Waals surface area contributed by atoms with Gasteiger partial charge in [-0.2, -0.15) is 0 Å². The molecule has 0 fully saturated rings. The van der Waals surface area contributed by atoms with Gasteiger partial charge in [0.1, 0.15) is 0 Å². The van der Waals surface area contributed by atoms with E-state index in [4.69, 9.17) is 0 Å². The summed E-state index contributed by atoms with van der Waals surface area (Å²) in [5, 5.41) is 0. The van der Waals surface area contributed by atoms with Crippen LogP contribution >= 0.6 is 0 Å². The van der Waals surface area contributed by atoms with Gasteiger partial charge in [-0.15, -0.1) is 0 Å². The topological polar surface area (TPSA) is 29.4 Å². The number of rotatable bonds is 1. The highest BCUT2D eigenvalue weighted by atomic mass is 16.1. The van der Waals surface area contributed by atoms with Crippen LogP contribution in [0.15, 0.2) is 35.3 Å². The summed E-state index contributed by atoms with van der Waals surface area (Å²) in [6.07, 6.45) is 1.73. The predicted octanol–water partition coefficient (Wildman–Crippen LogP) is 1.42. The molecule has 0 amide bonds. The maximum Gasteiger partial charge on any atom is 0.166 e. The van der Waals surface area contributed by atoms with Crippen LogP contribution < -0.4 is 0 Å². The van der Waals surface area contributed by atoms with Crippen LogP contribution in [0.3, 0.4) is 0 Å². The number of Topliss-reactive ketones (excluding diaryl/α,β-unsaturated/α-hetero) is 1. The Balaban J connectivity index is 2.31. The molecule has 1 aliphatic heterocycles. The van der Waals surface area contributed by atoms with Crippen LogP contribution in [0.4, 0.5) is 0 Å². The van der Waals surface area contributed by atoms with E-state index in [0.29, 0.717) is 6.54 Å².